The van der Waals surface area contributed by atoms with Gasteiger partial charge in [0.2, 0.25) is 15.9 Å². The monoisotopic (exact) mass is 513 g/mol. The number of thiazole rings is 1. The zero-order valence-electron chi connectivity index (χ0n) is 17.2. The van der Waals surface area contributed by atoms with E-state index in [0.29, 0.717) is 34.1 Å². The van der Waals surface area contributed by atoms with E-state index in [2.05, 4.69) is 5.32 Å². The van der Waals surface area contributed by atoms with Gasteiger partial charge in [-0.2, -0.15) is 0 Å². The van der Waals surface area contributed by atoms with Crippen molar-refractivity contribution in [3.8, 4) is 0 Å². The summed E-state index contributed by atoms with van der Waals surface area (Å²) in [6.45, 7) is 0.504. The van der Waals surface area contributed by atoms with E-state index < -0.39 is 10.0 Å². The number of carbonyl (C=O) groups is 1. The molecule has 0 bridgehead atoms. The van der Waals surface area contributed by atoms with Gasteiger partial charge in [0.05, 0.1) is 16.0 Å². The van der Waals surface area contributed by atoms with Crippen molar-refractivity contribution < 1.29 is 13.2 Å². The molecule has 2 heterocycles. The molecule has 0 saturated carbocycles. The summed E-state index contributed by atoms with van der Waals surface area (Å²) in [7, 11) is -1.90. The van der Waals surface area contributed by atoms with Gasteiger partial charge >= 0.3 is 4.87 Å². The van der Waals surface area contributed by atoms with Crippen molar-refractivity contribution >= 4 is 66.4 Å². The van der Waals surface area contributed by atoms with Gasteiger partial charge < -0.3 is 9.88 Å². The Morgan fingerprint density at radius 2 is 1.81 bits per heavy atom. The lowest BCUT2D eigenvalue weighted by Crippen LogP contribution is -2.41. The van der Waals surface area contributed by atoms with Crippen LogP contribution >= 0.6 is 34.5 Å². The summed E-state index contributed by atoms with van der Waals surface area (Å²) >= 11 is 13.4. The number of nitrogens with one attached hydrogen (secondary N) is 1. The van der Waals surface area contributed by atoms with Crippen molar-refractivity contribution in [2.45, 2.75) is 18.6 Å². The van der Waals surface area contributed by atoms with Crippen molar-refractivity contribution in [1.29, 1.82) is 0 Å². The topological polar surface area (TPSA) is 88.5 Å². The molecule has 0 aliphatic carbocycles. The fraction of sp³-hybridized carbons (Fsp3) is 0.333. The Bertz CT molecular complexity index is 1320. The Morgan fingerprint density at radius 1 is 1.16 bits per heavy atom. The predicted molar refractivity (Wildman–Crippen MR) is 129 cm³/mol. The highest BCUT2D eigenvalue weighted by Gasteiger charge is 2.32. The van der Waals surface area contributed by atoms with E-state index in [1.807, 2.05) is 0 Å². The summed E-state index contributed by atoms with van der Waals surface area (Å²) in [5.74, 6) is -0.725. The molecule has 3 aromatic rings. The number of rotatable bonds is 5. The van der Waals surface area contributed by atoms with Crippen LogP contribution in [0.2, 0.25) is 10.0 Å². The van der Waals surface area contributed by atoms with Gasteiger partial charge in [0.1, 0.15) is 0 Å². The van der Waals surface area contributed by atoms with Crippen LogP contribution in [0.15, 0.2) is 41.2 Å². The standard InChI is InChI=1S/C21H21Cl2N3O4S2/c1-25-18-6-5-14(11-19(18)31-21(25)28)24-20(27)13-7-9-26(10-8-13)32(29,30)12-15-16(22)3-2-4-17(15)23/h2-6,11,13H,7-10,12H2,1H3,(H,24,27). The van der Waals surface area contributed by atoms with Gasteiger partial charge in [-0.15, -0.1) is 0 Å². The molecule has 7 nitrogen and oxygen atoms in total. The zero-order chi connectivity index (χ0) is 23.0. The SMILES string of the molecule is Cn1c(=O)sc2cc(NC(=O)C3CCN(S(=O)(=O)Cc4c(Cl)cccc4Cl)CC3)ccc21. The zero-order valence-corrected chi connectivity index (χ0v) is 20.3. The highest BCUT2D eigenvalue weighted by Crippen LogP contribution is 2.29. The molecule has 32 heavy (non-hydrogen) atoms. The molecule has 1 amide bonds. The second-order valence-electron chi connectivity index (χ2n) is 7.73. The maximum Gasteiger partial charge on any atom is 0.307 e. The van der Waals surface area contributed by atoms with Crippen LogP contribution in [-0.2, 0) is 27.6 Å². The molecule has 0 unspecified atom stereocenters. The molecule has 1 N–H and O–H groups in total. The van der Waals surface area contributed by atoms with Gasteiger partial charge in [-0.05, 0) is 43.2 Å². The number of nitrogens with zero attached hydrogens (tertiary/aromatic N) is 2. The van der Waals surface area contributed by atoms with Gasteiger partial charge in [-0.3, -0.25) is 9.59 Å². The van der Waals surface area contributed by atoms with Crippen LogP contribution in [0.5, 0.6) is 0 Å². The Balaban J connectivity index is 1.38. The Kier molecular flexibility index (Phi) is 6.65. The van der Waals surface area contributed by atoms with Crippen LogP contribution in [0.3, 0.4) is 0 Å². The second-order valence-corrected chi connectivity index (χ2v) is 11.5. The average Bonchev–Trinajstić information content (AvgIpc) is 3.04. The molecule has 0 radical (unpaired) electrons. The normalized spacial score (nSPS) is 15.8. The van der Waals surface area contributed by atoms with Crippen LogP contribution in [0.4, 0.5) is 5.69 Å². The fourth-order valence-corrected chi connectivity index (χ4v) is 7.03. The number of benzene rings is 2. The minimum Gasteiger partial charge on any atom is -0.326 e. The molecule has 0 atom stereocenters. The maximum atomic E-state index is 12.9. The van der Waals surface area contributed by atoms with E-state index in [-0.39, 0.29) is 35.5 Å². The third kappa shape index (κ3) is 4.72. The maximum absolute atomic E-state index is 12.9. The molecule has 0 spiro atoms. The molecule has 1 fully saturated rings. The number of aromatic nitrogens is 1. The van der Waals surface area contributed by atoms with Gasteiger partial charge in [0, 0.05) is 47.4 Å². The van der Waals surface area contributed by atoms with Gasteiger partial charge in [0.15, 0.2) is 0 Å². The molecule has 4 rings (SSSR count). The number of sulfonamides is 1. The lowest BCUT2D eigenvalue weighted by Gasteiger charge is -2.30. The average molecular weight is 514 g/mol. The third-order valence-electron chi connectivity index (χ3n) is 5.67. The van der Waals surface area contributed by atoms with Gasteiger partial charge in [0.25, 0.3) is 0 Å². The first-order valence-corrected chi connectivity index (χ1v) is 13.1. The Hall–Kier alpha value is -1.91. The molecule has 1 aromatic heterocycles. The van der Waals surface area contributed by atoms with E-state index in [9.17, 15) is 18.0 Å². The quantitative estimate of drug-likeness (QED) is 0.556. The van der Waals surface area contributed by atoms with Crippen LogP contribution in [0, 0.1) is 5.92 Å². The Labute approximate surface area is 199 Å². The van der Waals surface area contributed by atoms with Crippen molar-refractivity contribution in [2.24, 2.45) is 13.0 Å². The predicted octanol–water partition coefficient (Wildman–Crippen LogP) is 4.09. The smallest absolute Gasteiger partial charge is 0.307 e. The summed E-state index contributed by atoms with van der Waals surface area (Å²) in [5.41, 5.74) is 1.82. The molecule has 170 valence electrons. The molecule has 1 aliphatic heterocycles. The number of piperidine rings is 1. The lowest BCUT2D eigenvalue weighted by molar-refractivity contribution is -0.120. The summed E-state index contributed by atoms with van der Waals surface area (Å²) in [4.78, 5) is 24.5. The summed E-state index contributed by atoms with van der Waals surface area (Å²) < 4.78 is 29.5. The van der Waals surface area contributed by atoms with Gasteiger partial charge in [-0.1, -0.05) is 40.6 Å². The largest absolute Gasteiger partial charge is 0.326 e. The first-order valence-electron chi connectivity index (χ1n) is 9.97. The van der Waals surface area contributed by atoms with Crippen molar-refractivity contribution in [3.05, 3.63) is 61.7 Å². The van der Waals surface area contributed by atoms with Crippen molar-refractivity contribution in [3.63, 3.8) is 0 Å². The van der Waals surface area contributed by atoms with E-state index in [1.54, 1.807) is 48.0 Å². The first kappa shape index (κ1) is 23.3. The minimum absolute atomic E-state index is 0.0601. The lowest BCUT2D eigenvalue weighted by atomic mass is 9.97. The number of anilines is 1. The number of halogens is 2. The number of carbonyl (C=O) groups excluding carboxylic acids is 1. The molecule has 1 aliphatic rings. The van der Waals surface area contributed by atoms with Crippen molar-refractivity contribution in [2.75, 3.05) is 18.4 Å². The van der Waals surface area contributed by atoms with E-state index >= 15 is 0 Å². The Morgan fingerprint density at radius 3 is 2.47 bits per heavy atom. The number of hydrogen-bond donors (Lipinski definition) is 1. The number of amides is 1. The first-order chi connectivity index (χ1) is 15.2. The van der Waals surface area contributed by atoms with E-state index in [4.69, 9.17) is 23.2 Å². The van der Waals surface area contributed by atoms with Gasteiger partial charge in [-0.25, -0.2) is 12.7 Å². The highest BCUT2D eigenvalue weighted by atomic mass is 35.5. The highest BCUT2D eigenvalue weighted by molar-refractivity contribution is 7.88. The molecule has 11 heteroatoms. The summed E-state index contributed by atoms with van der Waals surface area (Å²) in [6.07, 6.45) is 0.838. The molecular formula is C21H21Cl2N3O4S2. The van der Waals surface area contributed by atoms with Crippen LogP contribution in [0.25, 0.3) is 10.2 Å². The summed E-state index contributed by atoms with van der Waals surface area (Å²) in [6, 6.07) is 10.2. The molecular weight excluding hydrogens is 493 g/mol. The fourth-order valence-electron chi connectivity index (χ4n) is 3.80. The second kappa shape index (κ2) is 9.15. The van der Waals surface area contributed by atoms with E-state index in [0.717, 1.165) is 21.6 Å². The number of hydrogen-bond acceptors (Lipinski definition) is 5. The van der Waals surface area contributed by atoms with E-state index in [1.165, 1.54) is 4.31 Å². The van der Waals surface area contributed by atoms with Crippen LogP contribution < -0.4 is 10.2 Å². The van der Waals surface area contributed by atoms with Crippen molar-refractivity contribution in [1.82, 2.24) is 8.87 Å². The summed E-state index contributed by atoms with van der Waals surface area (Å²) in [5, 5.41) is 3.53. The van der Waals surface area contributed by atoms with Crippen LogP contribution in [-0.4, -0.2) is 36.3 Å². The minimum atomic E-state index is -3.61. The number of fused-ring (bicyclic) bond motifs is 1. The number of aryl methyl sites for hydroxylation is 1. The molecule has 2 aromatic carbocycles. The third-order valence-corrected chi connectivity index (χ3v) is 9.18. The molecule has 1 saturated heterocycles. The van der Waals surface area contributed by atoms with Crippen LogP contribution in [0.1, 0.15) is 18.4 Å².